The molecule has 0 spiro atoms. The first-order valence-electron chi connectivity index (χ1n) is 9.96. The molecule has 5 rings (SSSR count). The number of fused-ring (bicyclic) bond motifs is 1. The van der Waals surface area contributed by atoms with Gasteiger partial charge in [-0.3, -0.25) is 13.8 Å². The van der Waals surface area contributed by atoms with E-state index in [1.54, 1.807) is 16.7 Å². The summed E-state index contributed by atoms with van der Waals surface area (Å²) in [5, 5.41) is 11.4. The van der Waals surface area contributed by atoms with E-state index in [4.69, 9.17) is 4.74 Å². The second kappa shape index (κ2) is 8.97. The third kappa shape index (κ3) is 4.17. The summed E-state index contributed by atoms with van der Waals surface area (Å²) < 4.78 is 9.56. The Morgan fingerprint density at radius 1 is 1.06 bits per heavy atom. The summed E-state index contributed by atoms with van der Waals surface area (Å²) in [7, 11) is 0. The van der Waals surface area contributed by atoms with E-state index in [-0.39, 0.29) is 12.2 Å². The lowest BCUT2D eigenvalue weighted by Gasteiger charge is -2.12. The fourth-order valence-electron chi connectivity index (χ4n) is 3.28. The number of hydrogen-bond donors (Lipinski definition) is 0. The Bertz CT molecular complexity index is 1430. The SMILES string of the molecule is Cc1ccccc1OCc1nnc(SCc2cc(=O)n3ccsc3n2)n1-c1ccccc1. The Morgan fingerprint density at radius 2 is 1.88 bits per heavy atom. The van der Waals surface area contributed by atoms with Crippen LogP contribution < -0.4 is 10.3 Å². The molecule has 2 aromatic carbocycles. The highest BCUT2D eigenvalue weighted by Gasteiger charge is 2.16. The fourth-order valence-corrected chi connectivity index (χ4v) is 4.89. The maximum Gasteiger partial charge on any atom is 0.258 e. The number of ether oxygens (including phenoxy) is 1. The van der Waals surface area contributed by atoms with Gasteiger partial charge >= 0.3 is 0 Å². The zero-order valence-corrected chi connectivity index (χ0v) is 18.8. The molecule has 5 aromatic rings. The predicted molar refractivity (Wildman–Crippen MR) is 126 cm³/mol. The van der Waals surface area contributed by atoms with Crippen LogP contribution in [0.3, 0.4) is 0 Å². The van der Waals surface area contributed by atoms with Gasteiger partial charge in [0, 0.05) is 29.1 Å². The molecule has 0 saturated heterocycles. The normalized spacial score (nSPS) is 11.2. The van der Waals surface area contributed by atoms with E-state index in [1.807, 2.05) is 71.5 Å². The second-order valence-corrected chi connectivity index (χ2v) is 8.87. The largest absolute Gasteiger partial charge is 0.485 e. The molecule has 0 aliphatic carbocycles. The lowest BCUT2D eigenvalue weighted by molar-refractivity contribution is 0.291. The van der Waals surface area contributed by atoms with Crippen LogP contribution in [0, 0.1) is 6.92 Å². The molecule has 0 N–H and O–H groups in total. The Morgan fingerprint density at radius 3 is 2.72 bits per heavy atom. The van der Waals surface area contributed by atoms with Crippen LogP contribution in [0.15, 0.2) is 82.2 Å². The summed E-state index contributed by atoms with van der Waals surface area (Å²) >= 11 is 2.93. The van der Waals surface area contributed by atoms with Gasteiger partial charge in [-0.15, -0.1) is 21.5 Å². The lowest BCUT2D eigenvalue weighted by Crippen LogP contribution is -2.12. The summed E-state index contributed by atoms with van der Waals surface area (Å²) in [6, 6.07) is 19.4. The average Bonchev–Trinajstić information content (AvgIpc) is 3.45. The molecule has 160 valence electrons. The number of aryl methyl sites for hydroxylation is 1. The molecule has 0 amide bonds. The molecule has 7 nitrogen and oxygen atoms in total. The van der Waals surface area contributed by atoms with Crippen LogP contribution in [0.5, 0.6) is 5.75 Å². The van der Waals surface area contributed by atoms with Crippen molar-refractivity contribution in [3.63, 3.8) is 0 Å². The van der Waals surface area contributed by atoms with E-state index in [9.17, 15) is 4.79 Å². The highest BCUT2D eigenvalue weighted by molar-refractivity contribution is 7.98. The van der Waals surface area contributed by atoms with Gasteiger partial charge in [0.25, 0.3) is 5.56 Å². The third-order valence-corrected chi connectivity index (χ3v) is 6.59. The summed E-state index contributed by atoms with van der Waals surface area (Å²) in [5.74, 6) is 2.02. The molecule has 0 bridgehead atoms. The smallest absolute Gasteiger partial charge is 0.258 e. The Kier molecular flexibility index (Phi) is 5.74. The van der Waals surface area contributed by atoms with Gasteiger partial charge in [0.05, 0.1) is 5.69 Å². The van der Waals surface area contributed by atoms with Crippen molar-refractivity contribution < 1.29 is 4.74 Å². The minimum absolute atomic E-state index is 0.0799. The molecule has 0 aliphatic rings. The number of rotatable bonds is 7. The molecule has 0 saturated carbocycles. The van der Waals surface area contributed by atoms with Gasteiger partial charge in [0.15, 0.2) is 15.9 Å². The van der Waals surface area contributed by atoms with Gasteiger partial charge < -0.3 is 4.74 Å². The molecule has 9 heteroatoms. The van der Waals surface area contributed by atoms with Crippen molar-refractivity contribution in [2.45, 2.75) is 24.4 Å². The average molecular weight is 462 g/mol. The van der Waals surface area contributed by atoms with E-state index in [0.717, 1.165) is 17.0 Å². The standard InChI is InChI=1S/C23H19N5O2S2/c1-16-7-5-6-10-19(16)30-14-20-25-26-23(28(20)18-8-3-2-4-9-18)32-15-17-13-21(29)27-11-12-31-22(27)24-17/h2-13H,14-15H2,1H3. The van der Waals surface area contributed by atoms with Crippen molar-refractivity contribution in [2.24, 2.45) is 0 Å². The minimum Gasteiger partial charge on any atom is -0.485 e. The number of thioether (sulfide) groups is 1. The summed E-state index contributed by atoms with van der Waals surface area (Å²) in [6.45, 7) is 2.30. The van der Waals surface area contributed by atoms with Crippen molar-refractivity contribution in [1.82, 2.24) is 24.1 Å². The zero-order valence-electron chi connectivity index (χ0n) is 17.2. The minimum atomic E-state index is -0.0799. The number of thiazole rings is 1. The van der Waals surface area contributed by atoms with Gasteiger partial charge in [0.2, 0.25) is 0 Å². The molecular formula is C23H19N5O2S2. The van der Waals surface area contributed by atoms with Crippen molar-refractivity contribution in [1.29, 1.82) is 0 Å². The topological polar surface area (TPSA) is 74.3 Å². The maximum atomic E-state index is 12.3. The van der Waals surface area contributed by atoms with Crippen LogP contribution in [0.25, 0.3) is 10.6 Å². The molecule has 0 radical (unpaired) electrons. The molecule has 3 heterocycles. The van der Waals surface area contributed by atoms with Crippen LogP contribution in [0.1, 0.15) is 17.1 Å². The number of hydrogen-bond acceptors (Lipinski definition) is 7. The third-order valence-electron chi connectivity index (χ3n) is 4.87. The molecule has 3 aromatic heterocycles. The number of benzene rings is 2. The quantitative estimate of drug-likeness (QED) is 0.332. The zero-order chi connectivity index (χ0) is 21.9. The van der Waals surface area contributed by atoms with Crippen molar-refractivity contribution in [3.05, 3.63) is 99.7 Å². The highest BCUT2D eigenvalue weighted by Crippen LogP contribution is 2.26. The van der Waals surface area contributed by atoms with Crippen LogP contribution in [0.2, 0.25) is 0 Å². The molecule has 32 heavy (non-hydrogen) atoms. The molecule has 0 atom stereocenters. The van der Waals surface area contributed by atoms with E-state index in [2.05, 4.69) is 15.2 Å². The first-order valence-corrected chi connectivity index (χ1v) is 11.8. The number of aromatic nitrogens is 5. The van der Waals surface area contributed by atoms with Crippen LogP contribution in [-0.2, 0) is 12.4 Å². The summed E-state index contributed by atoms with van der Waals surface area (Å²) in [4.78, 5) is 17.6. The highest BCUT2D eigenvalue weighted by atomic mass is 32.2. The van der Waals surface area contributed by atoms with Gasteiger partial charge in [-0.1, -0.05) is 48.2 Å². The molecule has 0 fully saturated rings. The number of nitrogens with zero attached hydrogens (tertiary/aromatic N) is 5. The van der Waals surface area contributed by atoms with Crippen molar-refractivity contribution in [2.75, 3.05) is 0 Å². The van der Waals surface area contributed by atoms with Gasteiger partial charge in [-0.2, -0.15) is 0 Å². The van der Waals surface area contributed by atoms with E-state index >= 15 is 0 Å². The van der Waals surface area contributed by atoms with Gasteiger partial charge in [0.1, 0.15) is 12.4 Å². The summed E-state index contributed by atoms with van der Waals surface area (Å²) in [5.41, 5.74) is 2.64. The van der Waals surface area contributed by atoms with Crippen molar-refractivity contribution in [3.8, 4) is 11.4 Å². The first-order chi connectivity index (χ1) is 15.7. The first kappa shape index (κ1) is 20.5. The van der Waals surface area contributed by atoms with E-state index in [1.165, 1.54) is 23.1 Å². The Balaban J connectivity index is 1.42. The fraction of sp³-hybridized carbons (Fsp3) is 0.130. The number of para-hydroxylation sites is 2. The van der Waals surface area contributed by atoms with Gasteiger partial charge in [-0.25, -0.2) is 4.98 Å². The monoisotopic (exact) mass is 461 g/mol. The van der Waals surface area contributed by atoms with Crippen LogP contribution >= 0.6 is 23.1 Å². The Hall–Kier alpha value is -3.43. The van der Waals surface area contributed by atoms with Gasteiger partial charge in [-0.05, 0) is 30.7 Å². The molecule has 0 unspecified atom stereocenters. The van der Waals surface area contributed by atoms with Crippen LogP contribution in [0.4, 0.5) is 0 Å². The molecule has 0 aliphatic heterocycles. The van der Waals surface area contributed by atoms with E-state index < -0.39 is 0 Å². The van der Waals surface area contributed by atoms with Crippen LogP contribution in [-0.4, -0.2) is 24.1 Å². The van der Waals surface area contributed by atoms with E-state index in [0.29, 0.717) is 27.4 Å². The summed E-state index contributed by atoms with van der Waals surface area (Å²) in [6.07, 6.45) is 1.74. The predicted octanol–water partition coefficient (Wildman–Crippen LogP) is 4.52. The second-order valence-electron chi connectivity index (χ2n) is 7.05. The maximum absolute atomic E-state index is 12.3. The van der Waals surface area contributed by atoms with Crippen molar-refractivity contribution >= 4 is 28.1 Å². The molecular weight excluding hydrogens is 442 g/mol. The lowest BCUT2D eigenvalue weighted by atomic mass is 10.2. The Labute approximate surface area is 192 Å².